The van der Waals surface area contributed by atoms with Gasteiger partial charge in [-0.1, -0.05) is 166 Å². The molecule has 31 heavy (non-hydrogen) atoms. The van der Waals surface area contributed by atoms with Crippen molar-refractivity contribution in [2.45, 2.75) is 169 Å². The van der Waals surface area contributed by atoms with Crippen LogP contribution >= 0.6 is 0 Å². The summed E-state index contributed by atoms with van der Waals surface area (Å²) in [6.45, 7) is 38.8. The van der Waals surface area contributed by atoms with E-state index in [9.17, 15) is 0 Å². The lowest BCUT2D eigenvalue weighted by Gasteiger charge is -2.31. The molecule has 0 saturated carbocycles. The van der Waals surface area contributed by atoms with Crippen molar-refractivity contribution in [3.63, 3.8) is 0 Å². The van der Waals surface area contributed by atoms with Crippen molar-refractivity contribution < 1.29 is 0 Å². The van der Waals surface area contributed by atoms with Gasteiger partial charge in [0.15, 0.2) is 0 Å². The zero-order valence-electron chi connectivity index (χ0n) is 27.0. The van der Waals surface area contributed by atoms with Gasteiger partial charge in [0.1, 0.15) is 8.24 Å². The first-order valence-electron chi connectivity index (χ1n) is 13.6. The summed E-state index contributed by atoms with van der Waals surface area (Å²) in [5.41, 5.74) is 0. The highest BCUT2D eigenvalue weighted by Gasteiger charge is 2.24. The Morgan fingerprint density at radius 2 is 0.645 bits per heavy atom. The second-order valence-corrected chi connectivity index (χ2v) is 13.2. The first-order chi connectivity index (χ1) is 14.3. The van der Waals surface area contributed by atoms with Crippen LogP contribution in [0.1, 0.15) is 156 Å². The fourth-order valence-electron chi connectivity index (χ4n) is 0.706. The highest BCUT2D eigenvalue weighted by atomic mass is 28.3. The number of hydrogen-bond donors (Lipinski definition) is 0. The van der Waals surface area contributed by atoms with E-state index in [1.807, 2.05) is 0 Å². The van der Waals surface area contributed by atoms with Crippen LogP contribution < -0.4 is 0 Å². The van der Waals surface area contributed by atoms with Crippen molar-refractivity contribution in [3.05, 3.63) is 11.3 Å². The van der Waals surface area contributed by atoms with E-state index in [4.69, 9.17) is 0 Å². The van der Waals surface area contributed by atoms with Gasteiger partial charge in [-0.2, -0.15) is 0 Å². The molecule has 1 nitrogen and oxygen atoms in total. The maximum atomic E-state index is 2.36. The molecule has 0 amide bonds. The standard InChI is InChI=1S/C8H19NSi.7C3H8/c1-7-8(2)10(5,6)9(3)4;7*1-3-2/h7H,1-6H3;7*3H2,1-2H3/b8-7+;;;;;;;. The van der Waals surface area contributed by atoms with Gasteiger partial charge in [0.2, 0.25) is 0 Å². The normalized spacial score (nSPS) is 8.74. The lowest BCUT2D eigenvalue weighted by molar-refractivity contribution is 0.628. The summed E-state index contributed by atoms with van der Waals surface area (Å²) in [5.74, 6) is 0. The zero-order chi connectivity index (χ0) is 27.3. The van der Waals surface area contributed by atoms with Crippen LogP contribution in [0.4, 0.5) is 0 Å². The zero-order valence-corrected chi connectivity index (χ0v) is 28.0. The SMILES string of the molecule is C/C=C(\C)[Si](C)(C)N(C)C.CCC.CCC.CCC.CCC.CCC.CCC.CCC. The smallest absolute Gasteiger partial charge is 0.149 e. The van der Waals surface area contributed by atoms with E-state index < -0.39 is 8.24 Å². The Balaban J connectivity index is -0.0000000356. The van der Waals surface area contributed by atoms with Crippen LogP contribution in [-0.4, -0.2) is 26.9 Å². The van der Waals surface area contributed by atoms with E-state index >= 15 is 0 Å². The Morgan fingerprint density at radius 1 is 0.516 bits per heavy atom. The minimum absolute atomic E-state index is 1.19. The molecule has 0 fully saturated rings. The van der Waals surface area contributed by atoms with Crippen molar-refractivity contribution in [2.24, 2.45) is 0 Å². The van der Waals surface area contributed by atoms with Gasteiger partial charge >= 0.3 is 0 Å². The molecule has 0 rings (SSSR count). The van der Waals surface area contributed by atoms with Crippen LogP contribution in [0, 0.1) is 0 Å². The minimum Gasteiger partial charge on any atom is -0.326 e. The molecule has 0 aliphatic heterocycles. The lowest BCUT2D eigenvalue weighted by atomic mass is 10.6. The van der Waals surface area contributed by atoms with Crippen LogP contribution in [0.25, 0.3) is 0 Å². The molecule has 0 aliphatic carbocycles. The molecule has 0 bridgehead atoms. The number of nitrogens with zero attached hydrogens (tertiary/aromatic N) is 1. The predicted molar refractivity (Wildman–Crippen MR) is 162 cm³/mol. The Hall–Kier alpha value is -0.0831. The largest absolute Gasteiger partial charge is 0.326 e. The van der Waals surface area contributed by atoms with Crippen LogP contribution in [0.5, 0.6) is 0 Å². The van der Waals surface area contributed by atoms with Gasteiger partial charge in [-0.3, -0.25) is 0 Å². The van der Waals surface area contributed by atoms with Crippen molar-refractivity contribution in [1.29, 1.82) is 0 Å². The molecule has 0 unspecified atom stereocenters. The molecule has 0 aliphatic rings. The summed E-state index contributed by atoms with van der Waals surface area (Å²) in [5, 5.41) is 1.55. The lowest BCUT2D eigenvalue weighted by Crippen LogP contribution is -2.44. The molecule has 0 aromatic carbocycles. The van der Waals surface area contributed by atoms with E-state index in [0.29, 0.717) is 0 Å². The monoisotopic (exact) mass is 466 g/mol. The van der Waals surface area contributed by atoms with E-state index in [2.05, 4.69) is 149 Å². The molecule has 0 aromatic heterocycles. The minimum atomic E-state index is -1.19. The van der Waals surface area contributed by atoms with Crippen molar-refractivity contribution >= 4 is 8.24 Å². The molecular weight excluding hydrogens is 390 g/mol. The van der Waals surface area contributed by atoms with Gasteiger partial charge in [-0.05, 0) is 27.9 Å². The van der Waals surface area contributed by atoms with Crippen LogP contribution in [-0.2, 0) is 0 Å². The highest BCUT2D eigenvalue weighted by molar-refractivity contribution is 6.81. The summed E-state index contributed by atoms with van der Waals surface area (Å²) in [4.78, 5) is 0. The first-order valence-corrected chi connectivity index (χ1v) is 16.6. The molecule has 0 heterocycles. The van der Waals surface area contributed by atoms with Crippen molar-refractivity contribution in [3.8, 4) is 0 Å². The third kappa shape index (κ3) is 120. The van der Waals surface area contributed by atoms with Gasteiger partial charge in [0.25, 0.3) is 0 Å². The third-order valence-electron chi connectivity index (χ3n) is 2.52. The molecule has 0 radical (unpaired) electrons. The van der Waals surface area contributed by atoms with E-state index in [0.717, 1.165) is 0 Å². The van der Waals surface area contributed by atoms with Crippen molar-refractivity contribution in [2.75, 3.05) is 14.1 Å². The molecular formula is C29H75NSi. The number of allylic oxidation sites excluding steroid dienone is 2. The second-order valence-electron chi connectivity index (χ2n) is 8.37. The third-order valence-corrected chi connectivity index (χ3v) is 6.97. The van der Waals surface area contributed by atoms with Gasteiger partial charge in [0.05, 0.1) is 0 Å². The molecule has 0 aromatic rings. The van der Waals surface area contributed by atoms with E-state index in [-0.39, 0.29) is 0 Å². The van der Waals surface area contributed by atoms with Crippen LogP contribution in [0.2, 0.25) is 13.1 Å². The van der Waals surface area contributed by atoms with Crippen LogP contribution in [0.15, 0.2) is 11.3 Å². The Kier molecular flexibility index (Phi) is 107. The molecule has 0 spiro atoms. The van der Waals surface area contributed by atoms with Crippen LogP contribution in [0.3, 0.4) is 0 Å². The van der Waals surface area contributed by atoms with Gasteiger partial charge in [-0.15, -0.1) is 0 Å². The molecule has 2 heteroatoms. The molecule has 0 atom stereocenters. The molecule has 0 N–H and O–H groups in total. The fraction of sp³-hybridized carbons (Fsp3) is 0.931. The summed E-state index contributed by atoms with van der Waals surface area (Å²) in [6, 6.07) is 0. The summed E-state index contributed by atoms with van der Waals surface area (Å²) >= 11 is 0. The highest BCUT2D eigenvalue weighted by Crippen LogP contribution is 2.15. The maximum absolute atomic E-state index is 2.36. The maximum Gasteiger partial charge on any atom is 0.149 e. The quantitative estimate of drug-likeness (QED) is 0.366. The predicted octanol–water partition coefficient (Wildman–Crippen LogP) is 12.2. The summed E-state index contributed by atoms with van der Waals surface area (Å²) in [6.07, 6.45) is 11.0. The number of rotatable bonds is 2. The topological polar surface area (TPSA) is 3.24 Å². The number of hydrogen-bond acceptors (Lipinski definition) is 1. The van der Waals surface area contributed by atoms with Crippen molar-refractivity contribution in [1.82, 2.24) is 4.57 Å². The summed E-state index contributed by atoms with van der Waals surface area (Å²) in [7, 11) is 3.14. The average molecular weight is 466 g/mol. The van der Waals surface area contributed by atoms with Gasteiger partial charge in [0, 0.05) is 0 Å². The molecule has 0 saturated heterocycles. The van der Waals surface area contributed by atoms with E-state index in [1.54, 1.807) is 5.20 Å². The molecule has 200 valence electrons. The van der Waals surface area contributed by atoms with Gasteiger partial charge < -0.3 is 4.57 Å². The first kappa shape index (κ1) is 52.7. The van der Waals surface area contributed by atoms with Gasteiger partial charge in [-0.25, -0.2) is 0 Å². The summed E-state index contributed by atoms with van der Waals surface area (Å²) < 4.78 is 2.36. The Morgan fingerprint density at radius 3 is 0.677 bits per heavy atom. The second kappa shape index (κ2) is 63.1. The fourth-order valence-corrected chi connectivity index (χ4v) is 2.12. The average Bonchev–Trinajstić information content (AvgIpc) is 2.65. The Labute approximate surface area is 207 Å². The van der Waals surface area contributed by atoms with E-state index in [1.165, 1.54) is 44.9 Å². The Bertz CT molecular complexity index is 201.